The summed E-state index contributed by atoms with van der Waals surface area (Å²) < 4.78 is 54.2. The maximum absolute atomic E-state index is 13.1. The zero-order valence-electron chi connectivity index (χ0n) is 13.3. The first-order chi connectivity index (χ1) is 11.7. The van der Waals surface area contributed by atoms with Gasteiger partial charge >= 0.3 is 6.18 Å². The van der Waals surface area contributed by atoms with Gasteiger partial charge in [0.25, 0.3) is 0 Å². The number of hydrogen-bond acceptors (Lipinski definition) is 3. The number of benzene rings is 1. The van der Waals surface area contributed by atoms with Crippen molar-refractivity contribution in [2.45, 2.75) is 25.6 Å². The van der Waals surface area contributed by atoms with Crippen LogP contribution in [0.5, 0.6) is 5.88 Å². The third-order valence-electron chi connectivity index (χ3n) is 3.27. The van der Waals surface area contributed by atoms with E-state index in [1.165, 1.54) is 30.5 Å². The van der Waals surface area contributed by atoms with Gasteiger partial charge in [-0.2, -0.15) is 13.2 Å². The molecule has 0 saturated heterocycles. The molecule has 1 amide bonds. The number of carbonyl (C=O) groups is 1. The Morgan fingerprint density at radius 3 is 2.72 bits per heavy atom. The number of amides is 1. The molecule has 1 heterocycles. The molecule has 0 aliphatic rings. The van der Waals surface area contributed by atoms with Crippen LogP contribution in [-0.4, -0.2) is 23.7 Å². The van der Waals surface area contributed by atoms with Gasteiger partial charge < -0.3 is 10.1 Å². The SMILES string of the molecule is C[C@@H](NC(=O)Cc1cccc(F)c1)c1ccnc(OCC(F)(F)F)c1. The van der Waals surface area contributed by atoms with Crippen LogP contribution in [0.15, 0.2) is 42.6 Å². The highest BCUT2D eigenvalue weighted by Crippen LogP contribution is 2.20. The lowest BCUT2D eigenvalue weighted by molar-refractivity contribution is -0.154. The molecule has 0 unspecified atom stereocenters. The number of ether oxygens (including phenoxy) is 1. The minimum Gasteiger partial charge on any atom is -0.468 e. The molecular weight excluding hydrogens is 340 g/mol. The fourth-order valence-electron chi connectivity index (χ4n) is 2.14. The molecule has 0 radical (unpaired) electrons. The summed E-state index contributed by atoms with van der Waals surface area (Å²) in [5, 5.41) is 2.70. The predicted octanol–water partition coefficient (Wildman–Crippen LogP) is 3.58. The van der Waals surface area contributed by atoms with E-state index in [2.05, 4.69) is 15.0 Å². The lowest BCUT2D eigenvalue weighted by Crippen LogP contribution is -2.28. The van der Waals surface area contributed by atoms with Crippen LogP contribution in [0.25, 0.3) is 0 Å². The number of carbonyl (C=O) groups excluding carboxylic acids is 1. The van der Waals surface area contributed by atoms with Crippen LogP contribution in [0.2, 0.25) is 0 Å². The molecule has 0 aliphatic carbocycles. The van der Waals surface area contributed by atoms with Crippen LogP contribution in [0.4, 0.5) is 17.6 Å². The molecule has 4 nitrogen and oxygen atoms in total. The summed E-state index contributed by atoms with van der Waals surface area (Å²) in [6.45, 7) is 0.232. The molecule has 2 aromatic rings. The second kappa shape index (κ2) is 7.96. The average molecular weight is 356 g/mol. The van der Waals surface area contributed by atoms with Crippen molar-refractivity contribution < 1.29 is 27.1 Å². The van der Waals surface area contributed by atoms with Crippen LogP contribution >= 0.6 is 0 Å². The Bertz CT molecular complexity index is 735. The Kier molecular flexibility index (Phi) is 5.95. The van der Waals surface area contributed by atoms with Crippen LogP contribution in [0.3, 0.4) is 0 Å². The van der Waals surface area contributed by atoms with Crippen molar-refractivity contribution in [1.29, 1.82) is 0 Å². The summed E-state index contributed by atoms with van der Waals surface area (Å²) in [5.74, 6) is -0.951. The van der Waals surface area contributed by atoms with Crippen molar-refractivity contribution in [1.82, 2.24) is 10.3 Å². The Morgan fingerprint density at radius 2 is 2.04 bits per heavy atom. The van der Waals surface area contributed by atoms with E-state index in [4.69, 9.17) is 0 Å². The Balaban J connectivity index is 1.95. The van der Waals surface area contributed by atoms with Gasteiger partial charge in [0.1, 0.15) is 5.82 Å². The maximum Gasteiger partial charge on any atom is 0.422 e. The molecule has 0 bridgehead atoms. The van der Waals surface area contributed by atoms with E-state index in [9.17, 15) is 22.4 Å². The highest BCUT2D eigenvalue weighted by Gasteiger charge is 2.28. The van der Waals surface area contributed by atoms with Gasteiger partial charge in [0, 0.05) is 12.3 Å². The molecule has 0 aliphatic heterocycles. The molecule has 0 fully saturated rings. The molecule has 1 N–H and O–H groups in total. The third-order valence-corrected chi connectivity index (χ3v) is 3.27. The highest BCUT2D eigenvalue weighted by atomic mass is 19.4. The van der Waals surface area contributed by atoms with Crippen molar-refractivity contribution >= 4 is 5.91 Å². The van der Waals surface area contributed by atoms with Gasteiger partial charge in [0.15, 0.2) is 6.61 Å². The fourth-order valence-corrected chi connectivity index (χ4v) is 2.14. The molecule has 1 atom stereocenters. The highest BCUT2D eigenvalue weighted by molar-refractivity contribution is 5.79. The maximum atomic E-state index is 13.1. The van der Waals surface area contributed by atoms with Gasteiger partial charge in [-0.1, -0.05) is 12.1 Å². The molecule has 0 saturated carbocycles. The van der Waals surface area contributed by atoms with Crippen molar-refractivity contribution in [2.75, 3.05) is 6.61 Å². The Morgan fingerprint density at radius 1 is 1.28 bits per heavy atom. The molecule has 0 spiro atoms. The topological polar surface area (TPSA) is 51.2 Å². The fraction of sp³-hybridized carbons (Fsp3) is 0.294. The lowest BCUT2D eigenvalue weighted by Gasteiger charge is -2.15. The molecule has 134 valence electrons. The summed E-state index contributed by atoms with van der Waals surface area (Å²) in [6.07, 6.45) is -3.16. The summed E-state index contributed by atoms with van der Waals surface area (Å²) in [7, 11) is 0. The summed E-state index contributed by atoms with van der Waals surface area (Å²) in [6, 6.07) is 8.10. The number of nitrogens with zero attached hydrogens (tertiary/aromatic N) is 1. The number of pyridine rings is 1. The summed E-state index contributed by atoms with van der Waals surface area (Å²) >= 11 is 0. The van der Waals surface area contributed by atoms with Gasteiger partial charge in [-0.15, -0.1) is 0 Å². The lowest BCUT2D eigenvalue weighted by atomic mass is 10.1. The van der Waals surface area contributed by atoms with Crippen LogP contribution in [-0.2, 0) is 11.2 Å². The third kappa shape index (κ3) is 6.40. The number of aromatic nitrogens is 1. The second-order valence-corrected chi connectivity index (χ2v) is 5.43. The van der Waals surface area contributed by atoms with Crippen molar-refractivity contribution in [3.63, 3.8) is 0 Å². The Hall–Kier alpha value is -2.64. The quantitative estimate of drug-likeness (QED) is 0.805. The molecule has 2 rings (SSSR count). The van der Waals surface area contributed by atoms with Gasteiger partial charge in [-0.25, -0.2) is 9.37 Å². The first kappa shape index (κ1) is 18.7. The van der Waals surface area contributed by atoms with E-state index in [0.29, 0.717) is 11.1 Å². The predicted molar refractivity (Wildman–Crippen MR) is 82.4 cm³/mol. The van der Waals surface area contributed by atoms with Gasteiger partial charge in [-0.3, -0.25) is 4.79 Å². The first-order valence-corrected chi connectivity index (χ1v) is 7.42. The molecule has 25 heavy (non-hydrogen) atoms. The monoisotopic (exact) mass is 356 g/mol. The minimum absolute atomic E-state index is 0.00931. The van der Waals surface area contributed by atoms with Crippen molar-refractivity contribution in [3.05, 3.63) is 59.5 Å². The first-order valence-electron chi connectivity index (χ1n) is 7.42. The van der Waals surface area contributed by atoms with E-state index in [-0.39, 0.29) is 18.2 Å². The largest absolute Gasteiger partial charge is 0.468 e. The van der Waals surface area contributed by atoms with Crippen LogP contribution < -0.4 is 10.1 Å². The number of rotatable bonds is 6. The number of hydrogen-bond donors (Lipinski definition) is 1. The van der Waals surface area contributed by atoms with E-state index >= 15 is 0 Å². The van der Waals surface area contributed by atoms with Crippen molar-refractivity contribution in [2.24, 2.45) is 0 Å². The zero-order valence-corrected chi connectivity index (χ0v) is 13.3. The van der Waals surface area contributed by atoms with E-state index in [0.717, 1.165) is 0 Å². The standard InChI is InChI=1S/C17H16F4N2O2/c1-11(23-15(24)8-12-3-2-4-14(18)7-12)13-5-6-22-16(9-13)25-10-17(19,20)21/h2-7,9,11H,8,10H2,1H3,(H,23,24)/t11-/m1/s1. The Labute approximate surface area is 141 Å². The molecule has 1 aromatic carbocycles. The normalized spacial score (nSPS) is 12.5. The number of halogens is 4. The molecular formula is C17H16F4N2O2. The molecule has 8 heteroatoms. The van der Waals surface area contributed by atoms with Gasteiger partial charge in [0.2, 0.25) is 11.8 Å². The van der Waals surface area contributed by atoms with E-state index in [1.807, 2.05) is 0 Å². The number of nitrogens with one attached hydrogen (secondary N) is 1. The van der Waals surface area contributed by atoms with E-state index < -0.39 is 24.6 Å². The average Bonchev–Trinajstić information content (AvgIpc) is 2.52. The van der Waals surface area contributed by atoms with Gasteiger partial charge in [0.05, 0.1) is 12.5 Å². The number of alkyl halides is 3. The minimum atomic E-state index is -4.46. The van der Waals surface area contributed by atoms with Crippen molar-refractivity contribution in [3.8, 4) is 5.88 Å². The second-order valence-electron chi connectivity index (χ2n) is 5.43. The zero-order chi connectivity index (χ0) is 18.4. The molecule has 1 aromatic heterocycles. The van der Waals surface area contributed by atoms with E-state index in [1.54, 1.807) is 19.1 Å². The van der Waals surface area contributed by atoms with Crippen LogP contribution in [0.1, 0.15) is 24.1 Å². The smallest absolute Gasteiger partial charge is 0.422 e. The summed E-state index contributed by atoms with van der Waals surface area (Å²) in [4.78, 5) is 15.7. The van der Waals surface area contributed by atoms with Gasteiger partial charge in [-0.05, 0) is 36.2 Å². The van der Waals surface area contributed by atoms with Crippen LogP contribution in [0, 0.1) is 5.82 Å². The summed E-state index contributed by atoms with van der Waals surface area (Å²) in [5.41, 5.74) is 1.06.